The molecule has 0 heterocycles. The lowest BCUT2D eigenvalue weighted by Crippen LogP contribution is -1.95. The molecule has 0 aliphatic rings. The molecule has 0 heteroatoms. The van der Waals surface area contributed by atoms with Gasteiger partial charge < -0.3 is 0 Å². The van der Waals surface area contributed by atoms with E-state index in [1.807, 2.05) is 0 Å². The molecular formula is C10H18. The molecule has 0 saturated heterocycles. The van der Waals surface area contributed by atoms with E-state index in [2.05, 4.69) is 40.3 Å². The van der Waals surface area contributed by atoms with Gasteiger partial charge in [0.25, 0.3) is 0 Å². The summed E-state index contributed by atoms with van der Waals surface area (Å²) in [5.74, 6) is 0.635. The molecule has 0 saturated carbocycles. The number of rotatable bonds is 3. The van der Waals surface area contributed by atoms with Crippen molar-refractivity contribution in [2.45, 2.75) is 34.1 Å². The van der Waals surface area contributed by atoms with Crippen LogP contribution in [0, 0.1) is 5.92 Å². The molecule has 1 atom stereocenters. The molecule has 0 rings (SSSR count). The van der Waals surface area contributed by atoms with Gasteiger partial charge in [-0.25, -0.2) is 0 Å². The lowest BCUT2D eigenvalue weighted by Gasteiger charge is -2.10. The highest BCUT2D eigenvalue weighted by molar-refractivity contribution is 5.04. The van der Waals surface area contributed by atoms with Crippen LogP contribution in [0.15, 0.2) is 23.8 Å². The third-order valence-electron chi connectivity index (χ3n) is 1.96. The number of hydrogen-bond acceptors (Lipinski definition) is 0. The smallest absolute Gasteiger partial charge is 0.0200 e. The van der Waals surface area contributed by atoms with E-state index in [-0.39, 0.29) is 0 Å². The Kier molecular flexibility index (Phi) is 4.10. The van der Waals surface area contributed by atoms with E-state index in [4.69, 9.17) is 0 Å². The van der Waals surface area contributed by atoms with Gasteiger partial charge in [0, 0.05) is 0 Å². The van der Waals surface area contributed by atoms with E-state index in [1.165, 1.54) is 11.1 Å². The molecule has 0 fully saturated rings. The minimum atomic E-state index is 0.635. The van der Waals surface area contributed by atoms with E-state index in [0.29, 0.717) is 5.92 Å². The molecule has 0 N–H and O–H groups in total. The van der Waals surface area contributed by atoms with Gasteiger partial charge >= 0.3 is 0 Å². The Morgan fingerprint density at radius 2 is 2.00 bits per heavy atom. The Morgan fingerprint density at radius 3 is 2.30 bits per heavy atom. The van der Waals surface area contributed by atoms with Crippen molar-refractivity contribution in [3.05, 3.63) is 23.8 Å². The highest BCUT2D eigenvalue weighted by Gasteiger charge is 2.01. The lowest BCUT2D eigenvalue weighted by molar-refractivity contribution is 0.674. The summed E-state index contributed by atoms with van der Waals surface area (Å²) in [4.78, 5) is 0. The quantitative estimate of drug-likeness (QED) is 0.523. The van der Waals surface area contributed by atoms with Crippen LogP contribution in [0.4, 0.5) is 0 Å². The molecule has 0 aliphatic heterocycles. The first-order valence-corrected chi connectivity index (χ1v) is 3.85. The molecular weight excluding hydrogens is 120 g/mol. The fourth-order valence-electron chi connectivity index (χ4n) is 0.775. The van der Waals surface area contributed by atoms with Gasteiger partial charge in [-0.2, -0.15) is 0 Å². The van der Waals surface area contributed by atoms with E-state index >= 15 is 0 Å². The van der Waals surface area contributed by atoms with Crippen molar-refractivity contribution in [2.24, 2.45) is 5.92 Å². The molecule has 0 spiro atoms. The Balaban J connectivity index is 3.80. The van der Waals surface area contributed by atoms with Crippen LogP contribution < -0.4 is 0 Å². The van der Waals surface area contributed by atoms with Crippen LogP contribution in [0.1, 0.15) is 34.1 Å². The summed E-state index contributed by atoms with van der Waals surface area (Å²) in [5, 5.41) is 0. The van der Waals surface area contributed by atoms with E-state index in [0.717, 1.165) is 6.42 Å². The third kappa shape index (κ3) is 3.49. The van der Waals surface area contributed by atoms with E-state index in [1.54, 1.807) is 0 Å². The van der Waals surface area contributed by atoms with Crippen molar-refractivity contribution in [1.82, 2.24) is 0 Å². The zero-order chi connectivity index (χ0) is 8.15. The summed E-state index contributed by atoms with van der Waals surface area (Å²) >= 11 is 0. The first-order valence-electron chi connectivity index (χ1n) is 3.85. The Labute approximate surface area is 64.6 Å². The van der Waals surface area contributed by atoms with Gasteiger partial charge in [-0.3, -0.25) is 0 Å². The van der Waals surface area contributed by atoms with Gasteiger partial charge in [0.1, 0.15) is 0 Å². The molecule has 58 valence electrons. The summed E-state index contributed by atoms with van der Waals surface area (Å²) in [7, 11) is 0. The Bertz CT molecular complexity index is 140. The number of allylic oxidation sites excluding steroid dienone is 3. The fraction of sp³-hybridized carbons (Fsp3) is 0.600. The standard InChI is InChI=1S/C10H18/c1-6-9(4)7-10(5)8(2)3/h6,10H,2,7H2,1,3-5H3. The minimum Gasteiger partial charge on any atom is -0.0999 e. The van der Waals surface area contributed by atoms with Crippen molar-refractivity contribution in [3.8, 4) is 0 Å². The molecule has 0 nitrogen and oxygen atoms in total. The average Bonchev–Trinajstić information content (AvgIpc) is 1.87. The van der Waals surface area contributed by atoms with Crippen molar-refractivity contribution >= 4 is 0 Å². The lowest BCUT2D eigenvalue weighted by atomic mass is 9.96. The second-order valence-corrected chi connectivity index (χ2v) is 3.09. The molecule has 0 aliphatic carbocycles. The second kappa shape index (κ2) is 4.32. The van der Waals surface area contributed by atoms with E-state index < -0.39 is 0 Å². The Morgan fingerprint density at radius 1 is 1.50 bits per heavy atom. The van der Waals surface area contributed by atoms with Crippen LogP contribution in [0.25, 0.3) is 0 Å². The second-order valence-electron chi connectivity index (χ2n) is 3.09. The highest BCUT2D eigenvalue weighted by Crippen LogP contribution is 2.16. The van der Waals surface area contributed by atoms with Crippen molar-refractivity contribution in [2.75, 3.05) is 0 Å². The topological polar surface area (TPSA) is 0 Å². The van der Waals surface area contributed by atoms with Crippen molar-refractivity contribution in [3.63, 3.8) is 0 Å². The number of hydrogen-bond donors (Lipinski definition) is 0. The zero-order valence-corrected chi connectivity index (χ0v) is 7.57. The average molecular weight is 138 g/mol. The maximum Gasteiger partial charge on any atom is -0.0200 e. The summed E-state index contributed by atoms with van der Waals surface area (Å²) in [5.41, 5.74) is 2.73. The Hall–Kier alpha value is -0.520. The predicted octanol–water partition coefficient (Wildman–Crippen LogP) is 3.55. The van der Waals surface area contributed by atoms with Crippen LogP contribution in [0.5, 0.6) is 0 Å². The van der Waals surface area contributed by atoms with Crippen molar-refractivity contribution < 1.29 is 0 Å². The van der Waals surface area contributed by atoms with Gasteiger partial charge in [0.15, 0.2) is 0 Å². The van der Waals surface area contributed by atoms with E-state index in [9.17, 15) is 0 Å². The van der Waals surface area contributed by atoms with Gasteiger partial charge in [0.2, 0.25) is 0 Å². The maximum absolute atomic E-state index is 3.92. The van der Waals surface area contributed by atoms with Gasteiger partial charge in [-0.15, -0.1) is 0 Å². The minimum absolute atomic E-state index is 0.635. The predicted molar refractivity (Wildman–Crippen MR) is 48.0 cm³/mol. The normalized spacial score (nSPS) is 15.0. The molecule has 0 bridgehead atoms. The van der Waals surface area contributed by atoms with Crippen LogP contribution >= 0.6 is 0 Å². The molecule has 0 aromatic carbocycles. The van der Waals surface area contributed by atoms with Crippen LogP contribution in [0.3, 0.4) is 0 Å². The summed E-state index contributed by atoms with van der Waals surface area (Å²) in [6.07, 6.45) is 3.32. The molecule has 10 heavy (non-hydrogen) atoms. The zero-order valence-electron chi connectivity index (χ0n) is 7.57. The monoisotopic (exact) mass is 138 g/mol. The summed E-state index contributed by atoms with van der Waals surface area (Å²) in [6, 6.07) is 0. The van der Waals surface area contributed by atoms with Gasteiger partial charge in [0.05, 0.1) is 0 Å². The van der Waals surface area contributed by atoms with Crippen LogP contribution in [-0.4, -0.2) is 0 Å². The van der Waals surface area contributed by atoms with Gasteiger partial charge in [-0.1, -0.05) is 30.7 Å². The summed E-state index contributed by atoms with van der Waals surface area (Å²) < 4.78 is 0. The molecule has 1 unspecified atom stereocenters. The van der Waals surface area contributed by atoms with Crippen molar-refractivity contribution in [1.29, 1.82) is 0 Å². The summed E-state index contributed by atoms with van der Waals surface area (Å²) in [6.45, 7) is 12.5. The van der Waals surface area contributed by atoms with Gasteiger partial charge in [-0.05, 0) is 33.1 Å². The highest BCUT2D eigenvalue weighted by atomic mass is 14.1. The first-order chi connectivity index (χ1) is 4.57. The molecule has 0 aromatic rings. The largest absolute Gasteiger partial charge is 0.0999 e. The first kappa shape index (κ1) is 9.48. The fourth-order valence-corrected chi connectivity index (χ4v) is 0.775. The maximum atomic E-state index is 3.92. The van der Waals surface area contributed by atoms with Crippen LogP contribution in [-0.2, 0) is 0 Å². The molecule has 0 amide bonds. The molecule has 0 aromatic heterocycles. The SMILES string of the molecule is C=C(C)C(C)CC(C)=CC. The molecule has 0 radical (unpaired) electrons. The third-order valence-corrected chi connectivity index (χ3v) is 1.96. The van der Waals surface area contributed by atoms with Crippen LogP contribution in [0.2, 0.25) is 0 Å².